The molecule has 1 saturated heterocycles. The van der Waals surface area contributed by atoms with Crippen molar-refractivity contribution in [2.45, 2.75) is 0 Å². The molecule has 22 heavy (non-hydrogen) atoms. The molecule has 0 bridgehead atoms. The van der Waals surface area contributed by atoms with E-state index in [2.05, 4.69) is 46.4 Å². The van der Waals surface area contributed by atoms with Crippen LogP contribution in [0.5, 0.6) is 0 Å². The van der Waals surface area contributed by atoms with Gasteiger partial charge in [0.15, 0.2) is 5.69 Å². The number of rotatable bonds is 7. The predicted octanol–water partition coefficient (Wildman–Crippen LogP) is -1.02. The molecule has 1 aromatic rings. The molecule has 2 N–H and O–H groups in total. The van der Waals surface area contributed by atoms with Crippen LogP contribution in [0.15, 0.2) is 6.20 Å². The van der Waals surface area contributed by atoms with Gasteiger partial charge in [-0.3, -0.25) is 4.79 Å². The molecule has 1 aromatic heterocycles. The summed E-state index contributed by atoms with van der Waals surface area (Å²) in [5.41, 5.74) is 0.332. The molecule has 2 atom stereocenters. The number of carbonyl (C=O) groups is 1. The molecule has 1 fully saturated rings. The number of aromatic amines is 1. The third-order valence-electron chi connectivity index (χ3n) is 4.21. The molecule has 1 aliphatic rings. The van der Waals surface area contributed by atoms with Crippen LogP contribution in [0.25, 0.3) is 0 Å². The number of nitrogens with one attached hydrogen (secondary N) is 1. The van der Waals surface area contributed by atoms with Crippen LogP contribution in [0.4, 0.5) is 0 Å². The van der Waals surface area contributed by atoms with Crippen LogP contribution in [0, 0.1) is 11.8 Å². The van der Waals surface area contributed by atoms with Crippen LogP contribution in [0.2, 0.25) is 0 Å². The van der Waals surface area contributed by atoms with Crippen molar-refractivity contribution >= 4 is 5.91 Å². The van der Waals surface area contributed by atoms with Gasteiger partial charge in [0.1, 0.15) is 0 Å². The van der Waals surface area contributed by atoms with Crippen molar-refractivity contribution in [1.82, 2.24) is 30.1 Å². The molecule has 0 saturated carbocycles. The van der Waals surface area contributed by atoms with Crippen molar-refractivity contribution in [1.29, 1.82) is 0 Å². The first-order valence-corrected chi connectivity index (χ1v) is 7.60. The summed E-state index contributed by atoms with van der Waals surface area (Å²) < 4.78 is 0. The lowest BCUT2D eigenvalue weighted by atomic mass is 9.96. The van der Waals surface area contributed by atoms with E-state index in [9.17, 15) is 9.90 Å². The number of aliphatic hydroxyl groups is 1. The summed E-state index contributed by atoms with van der Waals surface area (Å²) >= 11 is 0. The van der Waals surface area contributed by atoms with Crippen molar-refractivity contribution < 1.29 is 9.90 Å². The average Bonchev–Trinajstić information content (AvgIpc) is 3.13. The lowest BCUT2D eigenvalue weighted by molar-refractivity contribution is 0.0773. The molecular formula is C14H26N6O2. The van der Waals surface area contributed by atoms with Gasteiger partial charge in [-0.1, -0.05) is 0 Å². The number of hydrogen-bond donors (Lipinski definition) is 2. The highest BCUT2D eigenvalue weighted by molar-refractivity contribution is 5.92. The number of nitrogens with zero attached hydrogens (tertiary/aromatic N) is 5. The largest absolute Gasteiger partial charge is 0.396 e. The second kappa shape index (κ2) is 7.66. The van der Waals surface area contributed by atoms with Gasteiger partial charge in [-0.25, -0.2) is 0 Å². The number of aromatic nitrogens is 3. The van der Waals surface area contributed by atoms with Crippen LogP contribution < -0.4 is 0 Å². The van der Waals surface area contributed by atoms with Crippen LogP contribution in [0.3, 0.4) is 0 Å². The average molecular weight is 310 g/mol. The van der Waals surface area contributed by atoms with Gasteiger partial charge in [-0.15, -0.1) is 0 Å². The van der Waals surface area contributed by atoms with Gasteiger partial charge >= 0.3 is 0 Å². The molecular weight excluding hydrogens is 284 g/mol. The van der Waals surface area contributed by atoms with E-state index in [1.165, 1.54) is 6.20 Å². The van der Waals surface area contributed by atoms with E-state index < -0.39 is 0 Å². The molecule has 124 valence electrons. The van der Waals surface area contributed by atoms with Crippen molar-refractivity contribution in [3.05, 3.63) is 11.9 Å². The Labute approximate surface area is 131 Å². The topological polar surface area (TPSA) is 88.6 Å². The number of hydrogen-bond acceptors (Lipinski definition) is 6. The highest BCUT2D eigenvalue weighted by Crippen LogP contribution is 2.25. The van der Waals surface area contributed by atoms with Gasteiger partial charge in [0.05, 0.1) is 6.20 Å². The van der Waals surface area contributed by atoms with Crippen LogP contribution in [-0.4, -0.2) is 102 Å². The van der Waals surface area contributed by atoms with Crippen molar-refractivity contribution in [2.75, 3.05) is 60.5 Å². The molecule has 0 aliphatic carbocycles. The summed E-state index contributed by atoms with van der Waals surface area (Å²) in [4.78, 5) is 18.5. The zero-order chi connectivity index (χ0) is 16.1. The van der Waals surface area contributed by atoms with Gasteiger partial charge in [0.2, 0.25) is 0 Å². The van der Waals surface area contributed by atoms with E-state index in [1.807, 2.05) is 0 Å². The summed E-state index contributed by atoms with van der Waals surface area (Å²) in [5, 5.41) is 19.6. The normalized spacial score (nSPS) is 22.0. The van der Waals surface area contributed by atoms with Crippen molar-refractivity contribution in [3.63, 3.8) is 0 Å². The van der Waals surface area contributed by atoms with E-state index >= 15 is 0 Å². The zero-order valence-electron chi connectivity index (χ0n) is 13.6. The van der Waals surface area contributed by atoms with E-state index in [0.29, 0.717) is 18.8 Å². The first-order valence-electron chi connectivity index (χ1n) is 7.60. The van der Waals surface area contributed by atoms with Crippen molar-refractivity contribution in [3.8, 4) is 0 Å². The quantitative estimate of drug-likeness (QED) is 0.670. The van der Waals surface area contributed by atoms with E-state index in [0.717, 1.165) is 19.6 Å². The van der Waals surface area contributed by atoms with Gasteiger partial charge < -0.3 is 19.8 Å². The molecule has 0 radical (unpaired) electrons. The lowest BCUT2D eigenvalue weighted by Gasteiger charge is -2.25. The summed E-state index contributed by atoms with van der Waals surface area (Å²) in [5.74, 6) is 0.288. The Kier molecular flexibility index (Phi) is 5.87. The number of amides is 1. The molecule has 8 nitrogen and oxygen atoms in total. The molecule has 1 amide bonds. The lowest BCUT2D eigenvalue weighted by Crippen LogP contribution is -2.35. The Bertz CT molecular complexity index is 464. The van der Waals surface area contributed by atoms with E-state index in [4.69, 9.17) is 0 Å². The maximum atomic E-state index is 12.3. The number of likely N-dealkylation sites (tertiary alicyclic amines) is 1. The molecule has 0 unspecified atom stereocenters. The van der Waals surface area contributed by atoms with Gasteiger partial charge in [0.25, 0.3) is 5.91 Å². The third kappa shape index (κ3) is 4.25. The standard InChI is InChI=1S/C14H26N6O2/c1-18(2)4-5-19(3)7-11-8-20(9-12(11)10-21)14(22)13-6-15-17-16-13/h6,11-12,21H,4-5,7-10H2,1-3H3,(H,15,16,17)/t11-,12-/m1/s1. The number of aliphatic hydroxyl groups excluding tert-OH is 1. The third-order valence-corrected chi connectivity index (χ3v) is 4.21. The monoisotopic (exact) mass is 310 g/mol. The van der Waals surface area contributed by atoms with E-state index in [-0.39, 0.29) is 24.3 Å². The number of H-pyrrole nitrogens is 1. The SMILES string of the molecule is CN(C)CCN(C)C[C@@H]1CN(C(=O)c2cn[nH]n2)C[C@@H]1CO. The van der Waals surface area contributed by atoms with Crippen molar-refractivity contribution in [2.24, 2.45) is 11.8 Å². The minimum absolute atomic E-state index is 0.106. The molecule has 0 aromatic carbocycles. The number of likely N-dealkylation sites (N-methyl/N-ethyl adjacent to an activating group) is 2. The summed E-state index contributed by atoms with van der Waals surface area (Å²) in [6.45, 7) is 4.18. The Morgan fingerprint density at radius 3 is 2.68 bits per heavy atom. The maximum Gasteiger partial charge on any atom is 0.276 e. The van der Waals surface area contributed by atoms with Crippen LogP contribution >= 0.6 is 0 Å². The fraction of sp³-hybridized carbons (Fsp3) is 0.786. The van der Waals surface area contributed by atoms with E-state index in [1.54, 1.807) is 4.90 Å². The Morgan fingerprint density at radius 1 is 1.36 bits per heavy atom. The molecule has 1 aliphatic heterocycles. The molecule has 2 heterocycles. The predicted molar refractivity (Wildman–Crippen MR) is 82.4 cm³/mol. The summed E-state index contributed by atoms with van der Waals surface area (Å²) in [7, 11) is 6.19. The fourth-order valence-electron chi connectivity index (χ4n) is 2.85. The van der Waals surface area contributed by atoms with Gasteiger partial charge in [-0.2, -0.15) is 15.4 Å². The highest BCUT2D eigenvalue weighted by atomic mass is 16.3. The zero-order valence-corrected chi connectivity index (χ0v) is 13.6. The van der Waals surface area contributed by atoms with Gasteiger partial charge in [0, 0.05) is 45.2 Å². The molecule has 8 heteroatoms. The Hall–Kier alpha value is -1.51. The molecule has 0 spiro atoms. The molecule has 2 rings (SSSR count). The Balaban J connectivity index is 1.90. The second-order valence-corrected chi connectivity index (χ2v) is 6.33. The van der Waals surface area contributed by atoms with Gasteiger partial charge in [-0.05, 0) is 27.1 Å². The first-order chi connectivity index (χ1) is 10.5. The minimum Gasteiger partial charge on any atom is -0.396 e. The van der Waals surface area contributed by atoms with Crippen LogP contribution in [-0.2, 0) is 0 Å². The Morgan fingerprint density at radius 2 is 2.09 bits per heavy atom. The fourth-order valence-corrected chi connectivity index (χ4v) is 2.85. The summed E-state index contributed by atoms with van der Waals surface area (Å²) in [6.07, 6.45) is 1.44. The summed E-state index contributed by atoms with van der Waals surface area (Å²) in [6, 6.07) is 0. The first kappa shape index (κ1) is 16.9. The maximum absolute atomic E-state index is 12.3. The number of carbonyl (C=O) groups excluding carboxylic acids is 1. The smallest absolute Gasteiger partial charge is 0.276 e. The minimum atomic E-state index is -0.120. The highest BCUT2D eigenvalue weighted by Gasteiger charge is 2.36. The second-order valence-electron chi connectivity index (χ2n) is 6.33. The van der Waals surface area contributed by atoms with Crippen LogP contribution in [0.1, 0.15) is 10.5 Å².